The van der Waals surface area contributed by atoms with Crippen molar-refractivity contribution in [3.8, 4) is 5.75 Å². The summed E-state index contributed by atoms with van der Waals surface area (Å²) in [6.07, 6.45) is -1.12. The highest BCUT2D eigenvalue weighted by atomic mass is 35.5. The minimum absolute atomic E-state index is 0.0236. The second-order valence-electron chi connectivity index (χ2n) is 5.62. The van der Waals surface area contributed by atoms with E-state index < -0.39 is 22.2 Å². The summed E-state index contributed by atoms with van der Waals surface area (Å²) in [5.74, 6) is 0.562. The van der Waals surface area contributed by atoms with E-state index in [-0.39, 0.29) is 18.0 Å². The first-order valence-corrected chi connectivity index (χ1v) is 9.62. The summed E-state index contributed by atoms with van der Waals surface area (Å²) in [6.45, 7) is 0.218. The van der Waals surface area contributed by atoms with Gasteiger partial charge in [-0.25, -0.2) is 17.9 Å². The molecule has 0 spiro atoms. The monoisotopic (exact) mass is 396 g/mol. The second kappa shape index (κ2) is 7.53. The molecule has 1 amide bonds. The highest BCUT2D eigenvalue weighted by molar-refractivity contribution is 7.89. The summed E-state index contributed by atoms with van der Waals surface area (Å²) in [6, 6.07) is 12.8. The molecule has 1 aliphatic rings. The maximum atomic E-state index is 12.3. The van der Waals surface area contributed by atoms with Gasteiger partial charge in [0.1, 0.15) is 11.9 Å². The molecular weight excluding hydrogens is 380 g/mol. The summed E-state index contributed by atoms with van der Waals surface area (Å²) in [4.78, 5) is 13.6. The van der Waals surface area contributed by atoms with Crippen LogP contribution in [0.15, 0.2) is 53.4 Å². The van der Waals surface area contributed by atoms with Crippen LogP contribution >= 0.6 is 11.6 Å². The smallest absolute Gasteiger partial charge is 0.414 e. The van der Waals surface area contributed by atoms with Crippen LogP contribution in [0.3, 0.4) is 0 Å². The number of nitrogens with one attached hydrogen (secondary N) is 1. The van der Waals surface area contributed by atoms with E-state index in [2.05, 4.69) is 4.72 Å². The highest BCUT2D eigenvalue weighted by Crippen LogP contribution is 2.23. The summed E-state index contributed by atoms with van der Waals surface area (Å²) >= 11 is 5.84. The Morgan fingerprint density at radius 2 is 1.85 bits per heavy atom. The van der Waals surface area contributed by atoms with Crippen molar-refractivity contribution in [2.24, 2.45) is 0 Å². The van der Waals surface area contributed by atoms with Gasteiger partial charge in [0.05, 0.1) is 18.6 Å². The molecular formula is C17H17ClN2O5S. The van der Waals surface area contributed by atoms with Gasteiger partial charge in [-0.2, -0.15) is 0 Å². The van der Waals surface area contributed by atoms with Gasteiger partial charge in [-0.1, -0.05) is 11.6 Å². The van der Waals surface area contributed by atoms with Crippen LogP contribution in [0.4, 0.5) is 10.5 Å². The number of benzene rings is 2. The van der Waals surface area contributed by atoms with Gasteiger partial charge in [-0.3, -0.25) is 4.90 Å². The molecule has 9 heteroatoms. The number of hydrogen-bond acceptors (Lipinski definition) is 5. The Labute approximate surface area is 156 Å². The molecule has 1 N–H and O–H groups in total. The zero-order valence-corrected chi connectivity index (χ0v) is 15.5. The van der Waals surface area contributed by atoms with Gasteiger partial charge >= 0.3 is 6.09 Å². The molecule has 1 fully saturated rings. The van der Waals surface area contributed by atoms with Gasteiger partial charge in [0.2, 0.25) is 10.0 Å². The number of ether oxygens (including phenoxy) is 2. The third-order valence-corrected chi connectivity index (χ3v) is 5.57. The predicted molar refractivity (Wildman–Crippen MR) is 97.2 cm³/mol. The lowest BCUT2D eigenvalue weighted by Crippen LogP contribution is -2.34. The number of cyclic esters (lactones) is 1. The van der Waals surface area contributed by atoms with Crippen molar-refractivity contribution < 1.29 is 22.7 Å². The lowest BCUT2D eigenvalue weighted by Gasteiger charge is -2.13. The fraction of sp³-hybridized carbons (Fsp3) is 0.235. The number of nitrogens with zero attached hydrogens (tertiary/aromatic N) is 1. The van der Waals surface area contributed by atoms with E-state index in [0.717, 1.165) is 0 Å². The molecule has 1 aliphatic heterocycles. The van der Waals surface area contributed by atoms with E-state index in [4.69, 9.17) is 21.1 Å². The van der Waals surface area contributed by atoms with E-state index >= 15 is 0 Å². The fourth-order valence-electron chi connectivity index (χ4n) is 2.50. The van der Waals surface area contributed by atoms with Crippen LogP contribution in [0, 0.1) is 0 Å². The Morgan fingerprint density at radius 1 is 1.19 bits per heavy atom. The number of carbonyl (C=O) groups is 1. The Kier molecular flexibility index (Phi) is 5.36. The molecule has 0 radical (unpaired) electrons. The molecule has 7 nitrogen and oxygen atoms in total. The second-order valence-corrected chi connectivity index (χ2v) is 7.82. The SMILES string of the molecule is COc1ccc(S(=O)(=O)NCC2CN(c3ccc(Cl)cc3)C(=O)O2)cc1. The number of anilines is 1. The van der Waals surface area contributed by atoms with E-state index in [0.29, 0.717) is 16.5 Å². The number of carbonyl (C=O) groups excluding carboxylic acids is 1. The van der Waals surface area contributed by atoms with Crippen LogP contribution in [0.25, 0.3) is 0 Å². The molecule has 138 valence electrons. The molecule has 26 heavy (non-hydrogen) atoms. The third kappa shape index (κ3) is 4.09. The van der Waals surface area contributed by atoms with Gasteiger partial charge in [0, 0.05) is 17.3 Å². The van der Waals surface area contributed by atoms with Gasteiger partial charge in [0.25, 0.3) is 0 Å². The normalized spacial score (nSPS) is 17.2. The van der Waals surface area contributed by atoms with Crippen molar-refractivity contribution >= 4 is 33.4 Å². The van der Waals surface area contributed by atoms with Gasteiger partial charge in [-0.15, -0.1) is 0 Å². The first-order chi connectivity index (χ1) is 12.4. The molecule has 0 aliphatic carbocycles. The Hall–Kier alpha value is -2.29. The van der Waals surface area contributed by atoms with Crippen molar-refractivity contribution in [1.82, 2.24) is 4.72 Å². The summed E-state index contributed by atoms with van der Waals surface area (Å²) < 4.78 is 37.4. The zero-order chi connectivity index (χ0) is 18.7. The largest absolute Gasteiger partial charge is 0.497 e. The average Bonchev–Trinajstić information content (AvgIpc) is 3.02. The molecule has 1 unspecified atom stereocenters. The number of halogens is 1. The summed E-state index contributed by atoms with van der Waals surface area (Å²) in [7, 11) is -2.21. The molecule has 0 bridgehead atoms. The van der Waals surface area contributed by atoms with Gasteiger partial charge in [0.15, 0.2) is 0 Å². The standard InChI is InChI=1S/C17H17ClN2O5S/c1-24-14-6-8-16(9-7-14)26(22,23)19-10-15-11-20(17(21)25-15)13-4-2-12(18)3-5-13/h2-9,15,19H,10-11H2,1H3. The first-order valence-electron chi connectivity index (χ1n) is 7.76. The number of sulfonamides is 1. The molecule has 1 atom stereocenters. The van der Waals surface area contributed by atoms with E-state index in [1.54, 1.807) is 36.4 Å². The first kappa shape index (κ1) is 18.5. The molecule has 0 saturated carbocycles. The highest BCUT2D eigenvalue weighted by Gasteiger charge is 2.33. The zero-order valence-electron chi connectivity index (χ0n) is 13.9. The quantitative estimate of drug-likeness (QED) is 0.811. The molecule has 2 aromatic rings. The van der Waals surface area contributed by atoms with Crippen LogP contribution in [-0.2, 0) is 14.8 Å². The van der Waals surface area contributed by atoms with Crippen LogP contribution in [0.1, 0.15) is 0 Å². The molecule has 1 heterocycles. The van der Waals surface area contributed by atoms with Crippen LogP contribution < -0.4 is 14.4 Å². The van der Waals surface area contributed by atoms with Crippen molar-refractivity contribution in [3.05, 3.63) is 53.6 Å². The summed E-state index contributed by atoms with van der Waals surface area (Å²) in [5, 5.41) is 0.560. The van der Waals surface area contributed by atoms with E-state index in [1.807, 2.05) is 0 Å². The van der Waals surface area contributed by atoms with Crippen molar-refractivity contribution in [2.75, 3.05) is 25.1 Å². The number of rotatable bonds is 6. The third-order valence-electron chi connectivity index (χ3n) is 3.88. The number of amides is 1. The van der Waals surface area contributed by atoms with Gasteiger partial charge in [-0.05, 0) is 48.5 Å². The lowest BCUT2D eigenvalue weighted by molar-refractivity contribution is 0.143. The van der Waals surface area contributed by atoms with Crippen LogP contribution in [-0.4, -0.2) is 40.8 Å². The Bertz CT molecular complexity index is 884. The van der Waals surface area contributed by atoms with Crippen molar-refractivity contribution in [1.29, 1.82) is 0 Å². The fourth-order valence-corrected chi connectivity index (χ4v) is 3.69. The summed E-state index contributed by atoms with van der Waals surface area (Å²) in [5.41, 5.74) is 0.639. The number of hydrogen-bond donors (Lipinski definition) is 1. The maximum absolute atomic E-state index is 12.3. The topological polar surface area (TPSA) is 84.9 Å². The van der Waals surface area contributed by atoms with Crippen molar-refractivity contribution in [3.63, 3.8) is 0 Å². The molecule has 3 rings (SSSR count). The molecule has 2 aromatic carbocycles. The van der Waals surface area contributed by atoms with E-state index in [9.17, 15) is 13.2 Å². The minimum Gasteiger partial charge on any atom is -0.497 e. The Morgan fingerprint density at radius 3 is 2.46 bits per heavy atom. The predicted octanol–water partition coefficient (Wildman–Crippen LogP) is 2.65. The lowest BCUT2D eigenvalue weighted by atomic mass is 10.3. The van der Waals surface area contributed by atoms with Crippen molar-refractivity contribution in [2.45, 2.75) is 11.0 Å². The molecule has 1 saturated heterocycles. The number of methoxy groups -OCH3 is 1. The van der Waals surface area contributed by atoms with Gasteiger partial charge < -0.3 is 9.47 Å². The average molecular weight is 397 g/mol. The maximum Gasteiger partial charge on any atom is 0.414 e. The van der Waals surface area contributed by atoms with E-state index in [1.165, 1.54) is 24.1 Å². The van der Waals surface area contributed by atoms with Crippen LogP contribution in [0.2, 0.25) is 5.02 Å². The van der Waals surface area contributed by atoms with Crippen LogP contribution in [0.5, 0.6) is 5.75 Å². The molecule has 0 aromatic heterocycles. The minimum atomic E-state index is -3.71. The Balaban J connectivity index is 1.62.